The maximum Gasteiger partial charge on any atom is 0.0967 e. The second kappa shape index (κ2) is 15.8. The van der Waals surface area contributed by atoms with E-state index in [-0.39, 0.29) is 0 Å². The molecule has 0 saturated carbocycles. The van der Waals surface area contributed by atoms with E-state index >= 15 is 0 Å². The highest BCUT2D eigenvalue weighted by molar-refractivity contribution is 6.04. The van der Waals surface area contributed by atoms with Gasteiger partial charge in [0.15, 0.2) is 0 Å². The summed E-state index contributed by atoms with van der Waals surface area (Å²) in [5.74, 6) is 0. The second-order valence-electron chi connectivity index (χ2n) is 10.2. The molecule has 0 bridgehead atoms. The molecular weight excluding hydrogens is 412 g/mol. The molecule has 2 aromatic heterocycles. The number of aromatic nitrogens is 2. The Kier molecular flexibility index (Phi) is 12.4. The number of hydrogen-bond donors (Lipinski definition) is 0. The minimum Gasteiger partial charge on any atom is -0.254 e. The minimum atomic E-state index is 1.09. The number of rotatable bonds is 18. The van der Waals surface area contributed by atoms with Gasteiger partial charge >= 0.3 is 0 Å². The van der Waals surface area contributed by atoms with E-state index in [9.17, 15) is 0 Å². The van der Waals surface area contributed by atoms with Crippen molar-refractivity contribution < 1.29 is 0 Å². The smallest absolute Gasteiger partial charge is 0.0967 e. The molecule has 3 rings (SSSR count). The summed E-state index contributed by atoms with van der Waals surface area (Å²) in [7, 11) is 0. The summed E-state index contributed by atoms with van der Waals surface area (Å²) >= 11 is 0. The highest BCUT2D eigenvalue weighted by atomic mass is 14.7. The molecule has 1 aromatic carbocycles. The van der Waals surface area contributed by atoms with Crippen LogP contribution in [0.3, 0.4) is 0 Å². The number of aryl methyl sites for hydroxylation is 2. The average Bonchev–Trinajstić information content (AvgIpc) is 2.87. The van der Waals surface area contributed by atoms with Crippen molar-refractivity contribution in [1.29, 1.82) is 0 Å². The molecule has 2 heterocycles. The van der Waals surface area contributed by atoms with Gasteiger partial charge in [-0.2, -0.15) is 0 Å². The van der Waals surface area contributed by atoms with Crippen LogP contribution in [0.15, 0.2) is 36.7 Å². The van der Waals surface area contributed by atoms with Gasteiger partial charge in [0.25, 0.3) is 0 Å². The lowest BCUT2D eigenvalue weighted by atomic mass is 9.97. The first-order chi connectivity index (χ1) is 16.8. The van der Waals surface area contributed by atoms with Gasteiger partial charge in [0.2, 0.25) is 0 Å². The molecule has 0 spiro atoms. The van der Waals surface area contributed by atoms with Gasteiger partial charge in [-0.05, 0) is 48.9 Å². The minimum absolute atomic E-state index is 1.09. The fourth-order valence-corrected chi connectivity index (χ4v) is 5.28. The monoisotopic (exact) mass is 460 g/mol. The van der Waals surface area contributed by atoms with E-state index in [0.29, 0.717) is 0 Å². The third-order valence-electron chi connectivity index (χ3n) is 7.40. The van der Waals surface area contributed by atoms with Crippen molar-refractivity contribution in [2.24, 2.45) is 0 Å². The molecule has 0 amide bonds. The van der Waals surface area contributed by atoms with Crippen LogP contribution in [0, 0.1) is 0 Å². The van der Waals surface area contributed by atoms with Crippen molar-refractivity contribution in [3.8, 4) is 0 Å². The quantitative estimate of drug-likeness (QED) is 0.139. The first-order valence-corrected chi connectivity index (χ1v) is 14.5. The summed E-state index contributed by atoms with van der Waals surface area (Å²) in [6.45, 7) is 4.58. The van der Waals surface area contributed by atoms with E-state index in [1.807, 2.05) is 12.4 Å². The normalized spacial score (nSPS) is 11.6. The molecule has 0 radical (unpaired) electrons. The molecule has 0 aliphatic heterocycles. The van der Waals surface area contributed by atoms with E-state index in [1.165, 1.54) is 125 Å². The van der Waals surface area contributed by atoms with Crippen LogP contribution < -0.4 is 0 Å². The average molecular weight is 461 g/mol. The van der Waals surface area contributed by atoms with Gasteiger partial charge in [-0.3, -0.25) is 9.97 Å². The fraction of sp³-hybridized carbons (Fsp3) is 0.625. The lowest BCUT2D eigenvalue weighted by Gasteiger charge is -2.11. The summed E-state index contributed by atoms with van der Waals surface area (Å²) in [6, 6.07) is 9.06. The SMILES string of the molecule is CCCCCCCCCCc1ccnc2c1ccc1c(CCCCCCCCCC)ccnc12. The van der Waals surface area contributed by atoms with Crippen molar-refractivity contribution in [3.05, 3.63) is 47.8 Å². The molecule has 0 atom stereocenters. The Bertz CT molecular complexity index is 883. The summed E-state index contributed by atoms with van der Waals surface area (Å²) in [6.07, 6.45) is 28.1. The molecule has 0 unspecified atom stereocenters. The largest absolute Gasteiger partial charge is 0.254 e. The van der Waals surface area contributed by atoms with Crippen LogP contribution in [-0.2, 0) is 12.8 Å². The number of fused-ring (bicyclic) bond motifs is 3. The molecule has 186 valence electrons. The summed E-state index contributed by atoms with van der Waals surface area (Å²) in [5.41, 5.74) is 5.06. The fourth-order valence-electron chi connectivity index (χ4n) is 5.28. The number of nitrogens with zero attached hydrogens (tertiary/aromatic N) is 2. The maximum absolute atomic E-state index is 4.78. The number of unbranched alkanes of at least 4 members (excludes halogenated alkanes) is 14. The Morgan fingerprint density at radius 3 is 1.18 bits per heavy atom. The Balaban J connectivity index is 1.54. The third-order valence-corrected chi connectivity index (χ3v) is 7.40. The topological polar surface area (TPSA) is 25.8 Å². The second-order valence-corrected chi connectivity index (χ2v) is 10.2. The summed E-state index contributed by atoms with van der Waals surface area (Å²) < 4.78 is 0. The van der Waals surface area contributed by atoms with Gasteiger partial charge < -0.3 is 0 Å². The van der Waals surface area contributed by atoms with E-state index in [2.05, 4.69) is 38.1 Å². The maximum atomic E-state index is 4.78. The number of hydrogen-bond acceptors (Lipinski definition) is 2. The van der Waals surface area contributed by atoms with Crippen LogP contribution in [0.1, 0.15) is 128 Å². The van der Waals surface area contributed by atoms with Gasteiger partial charge in [-0.25, -0.2) is 0 Å². The third kappa shape index (κ3) is 8.36. The van der Waals surface area contributed by atoms with Gasteiger partial charge in [-0.15, -0.1) is 0 Å². The van der Waals surface area contributed by atoms with E-state index in [4.69, 9.17) is 9.97 Å². The van der Waals surface area contributed by atoms with Crippen LogP contribution in [0.2, 0.25) is 0 Å². The van der Waals surface area contributed by atoms with E-state index in [0.717, 1.165) is 23.9 Å². The zero-order valence-corrected chi connectivity index (χ0v) is 22.1. The van der Waals surface area contributed by atoms with Crippen LogP contribution in [0.5, 0.6) is 0 Å². The van der Waals surface area contributed by atoms with Crippen molar-refractivity contribution in [1.82, 2.24) is 9.97 Å². The lowest BCUT2D eigenvalue weighted by Crippen LogP contribution is -1.95. The van der Waals surface area contributed by atoms with Crippen molar-refractivity contribution in [2.45, 2.75) is 129 Å². The first-order valence-electron chi connectivity index (χ1n) is 14.5. The molecule has 2 nitrogen and oxygen atoms in total. The molecule has 0 saturated heterocycles. The first kappa shape index (κ1) is 26.6. The highest BCUT2D eigenvalue weighted by Crippen LogP contribution is 2.28. The number of pyridine rings is 2. The zero-order valence-electron chi connectivity index (χ0n) is 22.1. The Morgan fingerprint density at radius 2 is 0.794 bits per heavy atom. The molecule has 3 aromatic rings. The van der Waals surface area contributed by atoms with Gasteiger partial charge in [0.1, 0.15) is 0 Å². The summed E-state index contributed by atoms with van der Waals surface area (Å²) in [4.78, 5) is 9.56. The highest BCUT2D eigenvalue weighted by Gasteiger charge is 2.10. The lowest BCUT2D eigenvalue weighted by molar-refractivity contribution is 0.576. The van der Waals surface area contributed by atoms with Crippen molar-refractivity contribution in [3.63, 3.8) is 0 Å². The van der Waals surface area contributed by atoms with Crippen LogP contribution in [0.25, 0.3) is 21.8 Å². The predicted molar refractivity (Wildman–Crippen MR) is 150 cm³/mol. The Labute approximate surface area is 209 Å². The van der Waals surface area contributed by atoms with Gasteiger partial charge in [0, 0.05) is 23.2 Å². The van der Waals surface area contributed by atoms with Crippen molar-refractivity contribution >= 4 is 21.8 Å². The number of benzene rings is 1. The molecule has 0 N–H and O–H groups in total. The molecule has 0 fully saturated rings. The predicted octanol–water partition coefficient (Wildman–Crippen LogP) is 10.1. The summed E-state index contributed by atoms with van der Waals surface area (Å²) in [5, 5.41) is 2.60. The Morgan fingerprint density at radius 1 is 0.441 bits per heavy atom. The van der Waals surface area contributed by atoms with Crippen LogP contribution in [0.4, 0.5) is 0 Å². The van der Waals surface area contributed by atoms with E-state index < -0.39 is 0 Å². The molecule has 2 heteroatoms. The van der Waals surface area contributed by atoms with Crippen molar-refractivity contribution in [2.75, 3.05) is 0 Å². The standard InChI is InChI=1S/C32H48N2/c1-3-5-7-9-11-13-15-17-19-27-23-25-33-31-29(27)21-22-30-28(24-26-34-32(30)31)20-18-16-14-12-10-8-6-4-2/h21-26H,3-20H2,1-2H3. The molecule has 0 aliphatic carbocycles. The Hall–Kier alpha value is -1.96. The van der Waals surface area contributed by atoms with Gasteiger partial charge in [-0.1, -0.05) is 116 Å². The van der Waals surface area contributed by atoms with E-state index in [1.54, 1.807) is 0 Å². The molecule has 0 aliphatic rings. The van der Waals surface area contributed by atoms with Gasteiger partial charge in [0.05, 0.1) is 11.0 Å². The van der Waals surface area contributed by atoms with Crippen LogP contribution >= 0.6 is 0 Å². The zero-order chi connectivity index (χ0) is 23.8. The molecular formula is C32H48N2. The van der Waals surface area contributed by atoms with Crippen LogP contribution in [-0.4, -0.2) is 9.97 Å². The molecule has 34 heavy (non-hydrogen) atoms.